The summed E-state index contributed by atoms with van der Waals surface area (Å²) in [5.74, 6) is -0.322. The molecule has 0 saturated carbocycles. The zero-order valence-electron chi connectivity index (χ0n) is 14.3. The minimum Gasteiger partial charge on any atom is -0.482 e. The summed E-state index contributed by atoms with van der Waals surface area (Å²) >= 11 is 9.35. The average molecular weight is 468 g/mol. The van der Waals surface area contributed by atoms with Crippen LogP contribution < -0.4 is 15.7 Å². The standard InChI is InChI=1S/C18H12BrClN2O6/c1-9-4-18(24)28-15-7-16(13(20)6-11(9)15)27-8-17(23)21-14-3-2-10(22(25)26)5-12(14)19/h2-7H,8H2,1H3,(H,21,23). The average Bonchev–Trinajstić information content (AvgIpc) is 2.62. The van der Waals surface area contributed by atoms with Crippen LogP contribution in [0.15, 0.2) is 50.1 Å². The molecule has 0 aliphatic heterocycles. The molecule has 3 rings (SSSR count). The third-order valence-electron chi connectivity index (χ3n) is 3.80. The van der Waals surface area contributed by atoms with Crippen LogP contribution in [0.2, 0.25) is 5.02 Å². The number of non-ortho nitro benzene ring substituents is 1. The molecule has 2 aromatic carbocycles. The van der Waals surface area contributed by atoms with Gasteiger partial charge in [0.25, 0.3) is 11.6 Å². The van der Waals surface area contributed by atoms with Gasteiger partial charge in [-0.3, -0.25) is 14.9 Å². The number of nitro groups is 1. The van der Waals surface area contributed by atoms with Crippen LogP contribution >= 0.6 is 27.5 Å². The van der Waals surface area contributed by atoms with Gasteiger partial charge in [0.2, 0.25) is 0 Å². The highest BCUT2D eigenvalue weighted by molar-refractivity contribution is 9.10. The van der Waals surface area contributed by atoms with Crippen LogP contribution in [0.3, 0.4) is 0 Å². The molecule has 0 fully saturated rings. The second-order valence-electron chi connectivity index (χ2n) is 5.79. The van der Waals surface area contributed by atoms with E-state index < -0.39 is 16.5 Å². The smallest absolute Gasteiger partial charge is 0.336 e. The first-order valence-corrected chi connectivity index (χ1v) is 9.02. The summed E-state index contributed by atoms with van der Waals surface area (Å²) in [5, 5.41) is 14.2. The van der Waals surface area contributed by atoms with E-state index in [2.05, 4.69) is 21.2 Å². The van der Waals surface area contributed by atoms with Gasteiger partial charge in [0.1, 0.15) is 11.3 Å². The van der Waals surface area contributed by atoms with E-state index in [1.54, 1.807) is 13.0 Å². The van der Waals surface area contributed by atoms with Crippen molar-refractivity contribution < 1.29 is 18.9 Å². The van der Waals surface area contributed by atoms with Gasteiger partial charge < -0.3 is 14.5 Å². The summed E-state index contributed by atoms with van der Waals surface area (Å²) in [6.07, 6.45) is 0. The van der Waals surface area contributed by atoms with Crippen molar-refractivity contribution in [3.63, 3.8) is 0 Å². The SMILES string of the molecule is Cc1cc(=O)oc2cc(OCC(=O)Nc3ccc([N+](=O)[O-])cc3Br)c(Cl)cc12. The Kier molecular flexibility index (Phi) is 5.66. The quantitative estimate of drug-likeness (QED) is 0.337. The van der Waals surface area contributed by atoms with Gasteiger partial charge in [-0.25, -0.2) is 4.79 Å². The Labute approximate surface area is 171 Å². The second-order valence-corrected chi connectivity index (χ2v) is 7.05. The minimum atomic E-state index is -0.540. The van der Waals surface area contributed by atoms with Gasteiger partial charge in [-0.2, -0.15) is 0 Å². The Bertz CT molecular complexity index is 1160. The highest BCUT2D eigenvalue weighted by atomic mass is 79.9. The van der Waals surface area contributed by atoms with Crippen LogP contribution in [0.25, 0.3) is 11.0 Å². The van der Waals surface area contributed by atoms with Crippen LogP contribution in [-0.4, -0.2) is 17.4 Å². The molecule has 144 valence electrons. The molecule has 0 unspecified atom stereocenters. The lowest BCUT2D eigenvalue weighted by molar-refractivity contribution is -0.384. The summed E-state index contributed by atoms with van der Waals surface area (Å²) in [5.41, 5.74) is 0.744. The fourth-order valence-electron chi connectivity index (χ4n) is 2.48. The fourth-order valence-corrected chi connectivity index (χ4v) is 3.16. The van der Waals surface area contributed by atoms with Gasteiger partial charge in [-0.05, 0) is 40.5 Å². The molecule has 1 aromatic heterocycles. The lowest BCUT2D eigenvalue weighted by atomic mass is 10.1. The van der Waals surface area contributed by atoms with Crippen molar-refractivity contribution in [3.05, 3.63) is 72.0 Å². The summed E-state index contributed by atoms with van der Waals surface area (Å²) < 4.78 is 10.9. The van der Waals surface area contributed by atoms with Crippen LogP contribution in [0.4, 0.5) is 11.4 Å². The lowest BCUT2D eigenvalue weighted by Gasteiger charge is -2.11. The molecule has 0 saturated heterocycles. The van der Waals surface area contributed by atoms with Crippen LogP contribution in [0.1, 0.15) is 5.56 Å². The number of nitrogens with zero attached hydrogens (tertiary/aromatic N) is 1. The first-order chi connectivity index (χ1) is 13.2. The number of rotatable bonds is 5. The highest BCUT2D eigenvalue weighted by Crippen LogP contribution is 2.31. The molecule has 1 heterocycles. The number of benzene rings is 2. The van der Waals surface area contributed by atoms with Crippen molar-refractivity contribution in [2.24, 2.45) is 0 Å². The van der Waals surface area contributed by atoms with E-state index in [0.717, 1.165) is 0 Å². The number of halogens is 2. The maximum Gasteiger partial charge on any atom is 0.336 e. The Morgan fingerprint density at radius 3 is 2.75 bits per heavy atom. The minimum absolute atomic E-state index is 0.110. The van der Waals surface area contributed by atoms with Crippen molar-refractivity contribution in [1.29, 1.82) is 0 Å². The Hall–Kier alpha value is -2.91. The second kappa shape index (κ2) is 7.99. The van der Waals surface area contributed by atoms with Crippen LogP contribution in [0, 0.1) is 17.0 Å². The van der Waals surface area contributed by atoms with Gasteiger partial charge in [0, 0.05) is 34.1 Å². The third kappa shape index (κ3) is 4.32. The zero-order chi connectivity index (χ0) is 20.4. The Balaban J connectivity index is 1.73. The number of hydrogen-bond donors (Lipinski definition) is 1. The summed E-state index contributed by atoms with van der Waals surface area (Å²) in [6.45, 7) is 1.39. The molecule has 0 aliphatic carbocycles. The van der Waals surface area contributed by atoms with Crippen molar-refractivity contribution in [2.75, 3.05) is 11.9 Å². The van der Waals surface area contributed by atoms with E-state index in [4.69, 9.17) is 20.8 Å². The molecule has 0 aliphatic rings. The molecule has 1 N–H and O–H groups in total. The maximum absolute atomic E-state index is 12.1. The van der Waals surface area contributed by atoms with Crippen LogP contribution in [-0.2, 0) is 4.79 Å². The third-order valence-corrected chi connectivity index (χ3v) is 4.75. The molecule has 3 aromatic rings. The number of nitro benzene ring substituents is 1. The first-order valence-electron chi connectivity index (χ1n) is 7.85. The van der Waals surface area contributed by atoms with E-state index in [-0.39, 0.29) is 23.1 Å². The van der Waals surface area contributed by atoms with Gasteiger partial charge in [0.05, 0.1) is 15.6 Å². The van der Waals surface area contributed by atoms with Crippen LogP contribution in [0.5, 0.6) is 5.75 Å². The number of aryl methyl sites for hydroxylation is 1. The molecule has 0 bridgehead atoms. The Morgan fingerprint density at radius 2 is 2.07 bits per heavy atom. The van der Waals surface area contributed by atoms with Gasteiger partial charge in [-0.15, -0.1) is 0 Å². The summed E-state index contributed by atoms with van der Waals surface area (Å²) in [4.78, 5) is 33.9. The molecule has 28 heavy (non-hydrogen) atoms. The van der Waals surface area contributed by atoms with Gasteiger partial charge in [-0.1, -0.05) is 11.6 Å². The van der Waals surface area contributed by atoms with Crippen molar-refractivity contribution in [3.8, 4) is 5.75 Å². The molecule has 0 atom stereocenters. The van der Waals surface area contributed by atoms with E-state index in [0.29, 0.717) is 26.7 Å². The lowest BCUT2D eigenvalue weighted by Crippen LogP contribution is -2.20. The predicted molar refractivity (Wildman–Crippen MR) is 107 cm³/mol. The fraction of sp³-hybridized carbons (Fsp3) is 0.111. The molecular weight excluding hydrogens is 456 g/mol. The number of ether oxygens (including phenoxy) is 1. The zero-order valence-corrected chi connectivity index (χ0v) is 16.7. The summed E-state index contributed by atoms with van der Waals surface area (Å²) in [6, 6.07) is 8.35. The van der Waals surface area contributed by atoms with Gasteiger partial charge >= 0.3 is 5.63 Å². The number of amides is 1. The number of hydrogen-bond acceptors (Lipinski definition) is 6. The maximum atomic E-state index is 12.1. The number of nitrogens with one attached hydrogen (secondary N) is 1. The number of fused-ring (bicyclic) bond motifs is 1. The largest absolute Gasteiger partial charge is 0.482 e. The molecule has 0 spiro atoms. The molecular formula is C18H12BrClN2O6. The molecule has 10 heteroatoms. The highest BCUT2D eigenvalue weighted by Gasteiger charge is 2.14. The van der Waals surface area contributed by atoms with Crippen molar-refractivity contribution >= 4 is 55.8 Å². The van der Waals surface area contributed by atoms with E-state index in [9.17, 15) is 19.7 Å². The van der Waals surface area contributed by atoms with E-state index in [1.165, 1.54) is 30.3 Å². The number of anilines is 1. The normalized spacial score (nSPS) is 10.7. The van der Waals surface area contributed by atoms with Crippen molar-refractivity contribution in [1.82, 2.24) is 0 Å². The predicted octanol–water partition coefficient (Wildman–Crippen LogP) is 4.44. The van der Waals surface area contributed by atoms with Gasteiger partial charge in [0.15, 0.2) is 6.61 Å². The number of carbonyl (C=O) groups is 1. The van der Waals surface area contributed by atoms with E-state index >= 15 is 0 Å². The monoisotopic (exact) mass is 466 g/mol. The Morgan fingerprint density at radius 1 is 1.32 bits per heavy atom. The molecule has 8 nitrogen and oxygen atoms in total. The van der Waals surface area contributed by atoms with E-state index in [1.807, 2.05) is 0 Å². The summed E-state index contributed by atoms with van der Waals surface area (Å²) in [7, 11) is 0. The molecule has 0 radical (unpaired) electrons. The molecule has 1 amide bonds. The van der Waals surface area contributed by atoms with Crippen molar-refractivity contribution in [2.45, 2.75) is 6.92 Å². The topological polar surface area (TPSA) is 112 Å². The first kappa shape index (κ1) is 19.8. The number of carbonyl (C=O) groups excluding carboxylic acids is 1.